The molecule has 2 aromatic rings. The number of hydrogen-bond acceptors (Lipinski definition) is 5. The molecule has 116 valence electrons. The lowest BCUT2D eigenvalue weighted by atomic mass is 9.94. The van der Waals surface area contributed by atoms with Crippen LogP contribution in [-0.4, -0.2) is 38.9 Å². The highest BCUT2D eigenvalue weighted by molar-refractivity contribution is 5.92. The molecule has 7 nitrogen and oxygen atoms in total. The van der Waals surface area contributed by atoms with E-state index in [-0.39, 0.29) is 5.91 Å². The van der Waals surface area contributed by atoms with Crippen LogP contribution in [0.15, 0.2) is 18.5 Å². The zero-order valence-corrected chi connectivity index (χ0v) is 12.6. The van der Waals surface area contributed by atoms with Crippen LogP contribution in [0.4, 0.5) is 0 Å². The smallest absolute Gasteiger partial charge is 0.270 e. The highest BCUT2D eigenvalue weighted by Crippen LogP contribution is 2.23. The minimum absolute atomic E-state index is 0.197. The molecule has 22 heavy (non-hydrogen) atoms. The van der Waals surface area contributed by atoms with Crippen molar-refractivity contribution in [3.63, 3.8) is 0 Å². The fourth-order valence-corrected chi connectivity index (χ4v) is 2.68. The van der Waals surface area contributed by atoms with Crippen molar-refractivity contribution >= 4 is 5.91 Å². The summed E-state index contributed by atoms with van der Waals surface area (Å²) in [5, 5.41) is 6.16. The van der Waals surface area contributed by atoms with Crippen LogP contribution in [0.25, 0.3) is 0 Å². The molecule has 1 aliphatic rings. The number of rotatable bonds is 4. The van der Waals surface area contributed by atoms with Gasteiger partial charge in [0.1, 0.15) is 17.3 Å². The fourth-order valence-electron chi connectivity index (χ4n) is 2.68. The summed E-state index contributed by atoms with van der Waals surface area (Å²) in [7, 11) is 0. The molecule has 1 aliphatic heterocycles. The standard InChI is InChI=1S/C15H20N6O/c1-10-20-12(11-2-4-16-5-3-11)8-13(21-10)15(22)19-9-14-17-6-7-18-14/h6-8,11,16H,2-5,9H2,1H3,(H,17,18)(H,19,22). The molecule has 1 amide bonds. The van der Waals surface area contributed by atoms with Crippen molar-refractivity contribution in [1.82, 2.24) is 30.6 Å². The van der Waals surface area contributed by atoms with Gasteiger partial charge < -0.3 is 15.6 Å². The van der Waals surface area contributed by atoms with Gasteiger partial charge in [-0.1, -0.05) is 0 Å². The summed E-state index contributed by atoms with van der Waals surface area (Å²) in [5.41, 5.74) is 1.39. The third-order valence-corrected chi connectivity index (χ3v) is 3.82. The maximum Gasteiger partial charge on any atom is 0.270 e. The first kappa shape index (κ1) is 14.6. The molecule has 0 aromatic carbocycles. The summed E-state index contributed by atoms with van der Waals surface area (Å²) in [4.78, 5) is 28.1. The second kappa shape index (κ2) is 6.65. The average molecular weight is 300 g/mol. The van der Waals surface area contributed by atoms with Gasteiger partial charge in [0.15, 0.2) is 0 Å². The quantitative estimate of drug-likeness (QED) is 0.780. The van der Waals surface area contributed by atoms with E-state index in [1.165, 1.54) is 0 Å². The van der Waals surface area contributed by atoms with Gasteiger partial charge in [0.2, 0.25) is 0 Å². The first-order valence-corrected chi connectivity index (χ1v) is 7.55. The largest absolute Gasteiger partial charge is 0.347 e. The van der Waals surface area contributed by atoms with Crippen molar-refractivity contribution in [2.75, 3.05) is 13.1 Å². The summed E-state index contributed by atoms with van der Waals surface area (Å²) in [6, 6.07) is 1.82. The van der Waals surface area contributed by atoms with Crippen LogP contribution in [-0.2, 0) is 6.54 Å². The Hall–Kier alpha value is -2.28. The van der Waals surface area contributed by atoms with Gasteiger partial charge >= 0.3 is 0 Å². The van der Waals surface area contributed by atoms with Gasteiger partial charge in [-0.15, -0.1) is 0 Å². The molecule has 3 rings (SSSR count). The molecule has 0 radical (unpaired) electrons. The maximum atomic E-state index is 12.3. The molecule has 2 aromatic heterocycles. The number of amides is 1. The number of nitrogens with one attached hydrogen (secondary N) is 3. The number of piperidine rings is 1. The molecular formula is C15H20N6O. The van der Waals surface area contributed by atoms with Crippen LogP contribution < -0.4 is 10.6 Å². The summed E-state index contributed by atoms with van der Waals surface area (Å²) in [5.74, 6) is 1.56. The molecule has 3 heterocycles. The minimum atomic E-state index is -0.197. The van der Waals surface area contributed by atoms with Crippen LogP contribution in [0.2, 0.25) is 0 Å². The molecule has 0 bridgehead atoms. The second-order valence-electron chi connectivity index (χ2n) is 5.47. The molecule has 1 saturated heterocycles. The Bertz CT molecular complexity index is 633. The SMILES string of the molecule is Cc1nc(C(=O)NCc2ncc[nH]2)cc(C2CCNCC2)n1. The number of aromatic amines is 1. The van der Waals surface area contributed by atoms with Crippen LogP contribution in [0.3, 0.4) is 0 Å². The number of hydrogen-bond donors (Lipinski definition) is 3. The van der Waals surface area contributed by atoms with E-state index in [1.807, 2.05) is 13.0 Å². The maximum absolute atomic E-state index is 12.3. The first-order valence-electron chi connectivity index (χ1n) is 7.55. The molecule has 0 spiro atoms. The summed E-state index contributed by atoms with van der Waals surface area (Å²) >= 11 is 0. The molecule has 0 atom stereocenters. The second-order valence-corrected chi connectivity index (χ2v) is 5.47. The van der Waals surface area contributed by atoms with Crippen LogP contribution >= 0.6 is 0 Å². The lowest BCUT2D eigenvalue weighted by Gasteiger charge is -2.22. The normalized spacial score (nSPS) is 15.7. The number of imidazole rings is 1. The third-order valence-electron chi connectivity index (χ3n) is 3.82. The summed E-state index contributed by atoms with van der Waals surface area (Å²) in [6.07, 6.45) is 5.48. The number of carbonyl (C=O) groups excluding carboxylic acids is 1. The number of H-pyrrole nitrogens is 1. The van der Waals surface area contributed by atoms with Crippen LogP contribution in [0.5, 0.6) is 0 Å². The van der Waals surface area contributed by atoms with E-state index in [2.05, 4.69) is 30.6 Å². The van der Waals surface area contributed by atoms with Crippen molar-refractivity contribution in [3.05, 3.63) is 41.5 Å². The van der Waals surface area contributed by atoms with Crippen molar-refractivity contribution < 1.29 is 4.79 Å². The van der Waals surface area contributed by atoms with Gasteiger partial charge in [-0.25, -0.2) is 15.0 Å². The third kappa shape index (κ3) is 3.48. The summed E-state index contributed by atoms with van der Waals surface area (Å²) in [6.45, 7) is 4.17. The Labute approximate surface area is 129 Å². The monoisotopic (exact) mass is 300 g/mol. The number of carbonyl (C=O) groups is 1. The Morgan fingerprint density at radius 3 is 2.91 bits per heavy atom. The van der Waals surface area contributed by atoms with Gasteiger partial charge in [-0.05, 0) is 38.9 Å². The molecule has 3 N–H and O–H groups in total. The number of nitrogens with zero attached hydrogens (tertiary/aromatic N) is 3. The summed E-state index contributed by atoms with van der Waals surface area (Å²) < 4.78 is 0. The lowest BCUT2D eigenvalue weighted by molar-refractivity contribution is 0.0944. The van der Waals surface area contributed by atoms with Crippen molar-refractivity contribution in [2.24, 2.45) is 0 Å². The van der Waals surface area contributed by atoms with Crippen LogP contribution in [0, 0.1) is 6.92 Å². The van der Waals surface area contributed by atoms with E-state index < -0.39 is 0 Å². The zero-order chi connectivity index (χ0) is 15.4. The van der Waals surface area contributed by atoms with E-state index >= 15 is 0 Å². The van der Waals surface area contributed by atoms with Crippen molar-refractivity contribution in [1.29, 1.82) is 0 Å². The number of aromatic nitrogens is 4. The van der Waals surface area contributed by atoms with Crippen molar-refractivity contribution in [2.45, 2.75) is 32.2 Å². The Balaban J connectivity index is 1.72. The topological polar surface area (TPSA) is 95.6 Å². The predicted octanol–water partition coefficient (Wildman–Crippen LogP) is 0.905. The van der Waals surface area contributed by atoms with E-state index in [1.54, 1.807) is 12.4 Å². The van der Waals surface area contributed by atoms with Crippen molar-refractivity contribution in [3.8, 4) is 0 Å². The zero-order valence-electron chi connectivity index (χ0n) is 12.6. The van der Waals surface area contributed by atoms with E-state index in [9.17, 15) is 4.79 Å². The molecule has 1 fully saturated rings. The number of aryl methyl sites for hydroxylation is 1. The van der Waals surface area contributed by atoms with Gasteiger partial charge in [-0.2, -0.15) is 0 Å². The van der Waals surface area contributed by atoms with Gasteiger partial charge in [0.05, 0.1) is 6.54 Å². The van der Waals surface area contributed by atoms with E-state index in [0.29, 0.717) is 24.0 Å². The van der Waals surface area contributed by atoms with E-state index in [0.717, 1.165) is 37.4 Å². The minimum Gasteiger partial charge on any atom is -0.347 e. The molecule has 0 aliphatic carbocycles. The highest BCUT2D eigenvalue weighted by Gasteiger charge is 2.19. The Kier molecular flexibility index (Phi) is 4.43. The van der Waals surface area contributed by atoms with Gasteiger partial charge in [-0.3, -0.25) is 4.79 Å². The fraction of sp³-hybridized carbons (Fsp3) is 0.467. The van der Waals surface area contributed by atoms with E-state index in [4.69, 9.17) is 0 Å². The van der Waals surface area contributed by atoms with Gasteiger partial charge in [0.25, 0.3) is 5.91 Å². The highest BCUT2D eigenvalue weighted by atomic mass is 16.1. The first-order chi connectivity index (χ1) is 10.7. The van der Waals surface area contributed by atoms with Gasteiger partial charge in [0, 0.05) is 24.0 Å². The lowest BCUT2D eigenvalue weighted by Crippen LogP contribution is -2.28. The average Bonchev–Trinajstić information content (AvgIpc) is 3.06. The predicted molar refractivity (Wildman–Crippen MR) is 81.4 cm³/mol. The molecule has 7 heteroatoms. The molecule has 0 unspecified atom stereocenters. The van der Waals surface area contributed by atoms with Crippen LogP contribution in [0.1, 0.15) is 46.6 Å². The molecule has 0 saturated carbocycles. The Morgan fingerprint density at radius 2 is 2.18 bits per heavy atom. The Morgan fingerprint density at radius 1 is 1.36 bits per heavy atom. The molecular weight excluding hydrogens is 280 g/mol.